The fourth-order valence-electron chi connectivity index (χ4n) is 2.16. The van der Waals surface area contributed by atoms with Gasteiger partial charge in [0.1, 0.15) is 4.90 Å². The second-order valence-corrected chi connectivity index (χ2v) is 8.19. The molecule has 1 aromatic carbocycles. The number of terminal acetylenes is 1. The summed E-state index contributed by atoms with van der Waals surface area (Å²) in [5, 5.41) is 0.223. The smallest absolute Gasteiger partial charge is 0.246 e. The summed E-state index contributed by atoms with van der Waals surface area (Å²) >= 11 is 15.4. The summed E-state index contributed by atoms with van der Waals surface area (Å²) in [7, 11) is -3.71. The number of halogens is 3. The van der Waals surface area contributed by atoms with Gasteiger partial charge in [0.2, 0.25) is 10.0 Å². The number of hydrogen-bond donors (Lipinski definition) is 0. The van der Waals surface area contributed by atoms with Crippen LogP contribution in [0.15, 0.2) is 21.5 Å². The highest BCUT2D eigenvalue weighted by atomic mass is 79.9. The van der Waals surface area contributed by atoms with Crippen LogP contribution in [0.1, 0.15) is 0 Å². The van der Waals surface area contributed by atoms with Crippen LogP contribution < -0.4 is 0 Å². The number of rotatable bonds is 3. The van der Waals surface area contributed by atoms with E-state index in [1.54, 1.807) is 0 Å². The molecular weight excluding hydrogens is 399 g/mol. The molecular formula is C13H13BrCl2N2O2S. The first-order valence-electron chi connectivity index (χ1n) is 6.17. The predicted octanol–water partition coefficient (Wildman–Crippen LogP) is 2.70. The van der Waals surface area contributed by atoms with E-state index in [1.165, 1.54) is 16.4 Å². The summed E-state index contributed by atoms with van der Waals surface area (Å²) < 4.78 is 27.4. The molecule has 114 valence electrons. The van der Waals surface area contributed by atoms with Gasteiger partial charge in [0.25, 0.3) is 0 Å². The predicted molar refractivity (Wildman–Crippen MR) is 88.2 cm³/mol. The fourth-order valence-corrected chi connectivity index (χ4v) is 5.47. The Morgan fingerprint density at radius 1 is 1.19 bits per heavy atom. The normalized spacial score (nSPS) is 17.6. The van der Waals surface area contributed by atoms with Gasteiger partial charge in [-0.1, -0.05) is 45.1 Å². The van der Waals surface area contributed by atoms with Crippen molar-refractivity contribution in [3.8, 4) is 12.3 Å². The van der Waals surface area contributed by atoms with Gasteiger partial charge in [-0.15, -0.1) is 6.42 Å². The zero-order valence-electron chi connectivity index (χ0n) is 11.0. The number of sulfonamides is 1. The van der Waals surface area contributed by atoms with Crippen molar-refractivity contribution in [2.24, 2.45) is 0 Å². The third kappa shape index (κ3) is 3.73. The molecule has 1 aliphatic rings. The standard InChI is InChI=1S/C13H13BrCl2N2O2S/c1-2-3-17-4-6-18(7-5-17)21(19,20)13-11(15)8-10(14)9-12(13)16/h1,8-9H,3-7H2. The molecule has 0 aliphatic carbocycles. The van der Waals surface area contributed by atoms with E-state index in [0.29, 0.717) is 37.2 Å². The van der Waals surface area contributed by atoms with E-state index < -0.39 is 10.0 Å². The Morgan fingerprint density at radius 3 is 2.19 bits per heavy atom. The zero-order chi connectivity index (χ0) is 15.6. The van der Waals surface area contributed by atoms with Crippen molar-refractivity contribution in [1.82, 2.24) is 9.21 Å². The quantitative estimate of drug-likeness (QED) is 0.718. The van der Waals surface area contributed by atoms with Gasteiger partial charge in [-0.25, -0.2) is 8.42 Å². The lowest BCUT2D eigenvalue weighted by Gasteiger charge is -2.33. The highest BCUT2D eigenvalue weighted by Gasteiger charge is 2.31. The van der Waals surface area contributed by atoms with Gasteiger partial charge in [-0.05, 0) is 12.1 Å². The summed E-state index contributed by atoms with van der Waals surface area (Å²) in [6, 6.07) is 3.05. The third-order valence-electron chi connectivity index (χ3n) is 3.21. The van der Waals surface area contributed by atoms with Gasteiger partial charge in [0.05, 0.1) is 16.6 Å². The van der Waals surface area contributed by atoms with E-state index in [-0.39, 0.29) is 14.9 Å². The molecule has 0 unspecified atom stereocenters. The van der Waals surface area contributed by atoms with Crippen LogP contribution in [-0.2, 0) is 10.0 Å². The minimum atomic E-state index is -3.71. The molecule has 8 heteroatoms. The van der Waals surface area contributed by atoms with Gasteiger partial charge in [-0.3, -0.25) is 4.90 Å². The van der Waals surface area contributed by atoms with E-state index in [0.717, 1.165) is 0 Å². The monoisotopic (exact) mass is 410 g/mol. The first kappa shape index (κ1) is 17.1. The SMILES string of the molecule is C#CCN1CCN(S(=O)(=O)c2c(Cl)cc(Br)cc2Cl)CC1. The Hall–Kier alpha value is -0.290. The molecule has 1 aromatic rings. The second kappa shape index (κ2) is 6.86. The molecule has 1 saturated heterocycles. The average Bonchev–Trinajstić information content (AvgIpc) is 2.38. The van der Waals surface area contributed by atoms with E-state index in [9.17, 15) is 8.42 Å². The van der Waals surface area contributed by atoms with Gasteiger partial charge in [-0.2, -0.15) is 4.31 Å². The molecule has 0 spiro atoms. The molecule has 0 radical (unpaired) electrons. The number of benzene rings is 1. The molecule has 2 rings (SSSR count). The highest BCUT2D eigenvalue weighted by Crippen LogP contribution is 2.34. The molecule has 0 bridgehead atoms. The lowest BCUT2D eigenvalue weighted by atomic mass is 10.3. The summed E-state index contributed by atoms with van der Waals surface area (Å²) in [6.45, 7) is 2.44. The minimum Gasteiger partial charge on any atom is -0.290 e. The first-order valence-corrected chi connectivity index (χ1v) is 9.15. The van der Waals surface area contributed by atoms with Gasteiger partial charge < -0.3 is 0 Å². The van der Waals surface area contributed by atoms with Crippen LogP contribution in [0.25, 0.3) is 0 Å². The Balaban J connectivity index is 2.27. The van der Waals surface area contributed by atoms with Gasteiger partial charge in [0, 0.05) is 30.7 Å². The minimum absolute atomic E-state index is 0.0422. The number of nitrogens with zero attached hydrogens (tertiary/aromatic N) is 2. The summed E-state index contributed by atoms with van der Waals surface area (Å²) in [4.78, 5) is 1.98. The van der Waals surface area contributed by atoms with Crippen molar-refractivity contribution >= 4 is 49.2 Å². The summed E-state index contributed by atoms with van der Waals surface area (Å²) in [5.74, 6) is 2.56. The van der Waals surface area contributed by atoms with Crippen molar-refractivity contribution in [2.45, 2.75) is 4.90 Å². The van der Waals surface area contributed by atoms with Crippen molar-refractivity contribution in [2.75, 3.05) is 32.7 Å². The van der Waals surface area contributed by atoms with Crippen LogP contribution in [0.2, 0.25) is 10.0 Å². The molecule has 1 fully saturated rings. The summed E-state index contributed by atoms with van der Waals surface area (Å²) in [6.07, 6.45) is 5.26. The first-order chi connectivity index (χ1) is 9.86. The van der Waals surface area contributed by atoms with Crippen molar-refractivity contribution < 1.29 is 8.42 Å². The van der Waals surface area contributed by atoms with Crippen LogP contribution in [0.4, 0.5) is 0 Å². The molecule has 4 nitrogen and oxygen atoms in total. The number of hydrogen-bond acceptors (Lipinski definition) is 3. The average molecular weight is 412 g/mol. The van der Waals surface area contributed by atoms with Crippen LogP contribution in [0, 0.1) is 12.3 Å². The Kier molecular flexibility index (Phi) is 5.58. The van der Waals surface area contributed by atoms with Crippen LogP contribution in [-0.4, -0.2) is 50.3 Å². The largest absolute Gasteiger partial charge is 0.290 e. The maximum Gasteiger partial charge on any atom is 0.246 e. The van der Waals surface area contributed by atoms with E-state index in [2.05, 4.69) is 21.9 Å². The third-order valence-corrected chi connectivity index (χ3v) is 6.49. The van der Waals surface area contributed by atoms with Gasteiger partial charge in [0.15, 0.2) is 0 Å². The molecule has 1 aliphatic heterocycles. The van der Waals surface area contributed by atoms with Crippen LogP contribution in [0.5, 0.6) is 0 Å². The lowest BCUT2D eigenvalue weighted by Crippen LogP contribution is -2.48. The molecule has 1 heterocycles. The van der Waals surface area contributed by atoms with Crippen molar-refractivity contribution in [3.63, 3.8) is 0 Å². The Labute approximate surface area is 143 Å². The van der Waals surface area contributed by atoms with E-state index in [1.807, 2.05) is 4.90 Å². The van der Waals surface area contributed by atoms with Crippen LogP contribution in [0.3, 0.4) is 0 Å². The molecule has 21 heavy (non-hydrogen) atoms. The molecule has 0 saturated carbocycles. The topological polar surface area (TPSA) is 40.6 Å². The summed E-state index contributed by atoms with van der Waals surface area (Å²) in [5.41, 5.74) is 0. The molecule has 0 amide bonds. The maximum absolute atomic E-state index is 12.7. The maximum atomic E-state index is 12.7. The van der Waals surface area contributed by atoms with Crippen LogP contribution >= 0.6 is 39.1 Å². The molecule has 0 aromatic heterocycles. The molecule has 0 atom stereocenters. The number of piperazine rings is 1. The van der Waals surface area contributed by atoms with E-state index >= 15 is 0 Å². The lowest BCUT2D eigenvalue weighted by molar-refractivity contribution is 0.207. The van der Waals surface area contributed by atoms with E-state index in [4.69, 9.17) is 29.6 Å². The second-order valence-electron chi connectivity index (χ2n) is 4.58. The van der Waals surface area contributed by atoms with Crippen molar-refractivity contribution in [1.29, 1.82) is 0 Å². The fraction of sp³-hybridized carbons (Fsp3) is 0.385. The van der Waals surface area contributed by atoms with Gasteiger partial charge >= 0.3 is 0 Å². The Bertz CT molecular complexity index is 657. The highest BCUT2D eigenvalue weighted by molar-refractivity contribution is 9.10. The van der Waals surface area contributed by atoms with Crippen molar-refractivity contribution in [3.05, 3.63) is 26.7 Å². The Morgan fingerprint density at radius 2 is 1.71 bits per heavy atom. The molecule has 0 N–H and O–H groups in total. The zero-order valence-corrected chi connectivity index (χ0v) is 14.9.